The van der Waals surface area contributed by atoms with Crippen molar-refractivity contribution in [1.82, 2.24) is 5.32 Å². The van der Waals surface area contributed by atoms with Crippen LogP contribution in [0.4, 0.5) is 4.79 Å². The summed E-state index contributed by atoms with van der Waals surface area (Å²) in [6.45, 7) is 12.1. The van der Waals surface area contributed by atoms with Crippen LogP contribution in [0.2, 0.25) is 0 Å². The van der Waals surface area contributed by atoms with Gasteiger partial charge in [0.25, 0.3) is 0 Å². The maximum absolute atomic E-state index is 12.1. The van der Waals surface area contributed by atoms with Gasteiger partial charge in [-0.1, -0.05) is 0 Å². The zero-order valence-electron chi connectivity index (χ0n) is 14.1. The number of amides is 1. The molecule has 21 heavy (non-hydrogen) atoms. The molecule has 1 amide bonds. The number of alkyl carbamates (subject to hydrolysis) is 1. The third-order valence-electron chi connectivity index (χ3n) is 2.26. The first-order chi connectivity index (χ1) is 9.30. The molecule has 6 nitrogen and oxygen atoms in total. The minimum Gasteiger partial charge on any atom is -0.458 e. The molecule has 0 aliphatic heterocycles. The van der Waals surface area contributed by atoms with Gasteiger partial charge in [-0.2, -0.15) is 0 Å². The summed E-state index contributed by atoms with van der Waals surface area (Å²) in [7, 11) is 0. The van der Waals surface area contributed by atoms with Crippen molar-refractivity contribution in [3.8, 4) is 0 Å². The van der Waals surface area contributed by atoms with Crippen molar-refractivity contribution in [2.45, 2.75) is 84.7 Å². The summed E-state index contributed by atoms with van der Waals surface area (Å²) in [4.78, 5) is 23.9. The summed E-state index contributed by atoms with van der Waals surface area (Å²) in [5.74, 6) is -0.533. The fourth-order valence-corrected chi connectivity index (χ4v) is 1.48. The summed E-state index contributed by atoms with van der Waals surface area (Å²) in [6.07, 6.45) is -0.578. The molecule has 0 saturated carbocycles. The molecule has 0 heterocycles. The number of esters is 1. The molecule has 0 fully saturated rings. The van der Waals surface area contributed by atoms with Gasteiger partial charge in [-0.15, -0.1) is 0 Å². The molecule has 2 atom stereocenters. The number of carbonyl (C=O) groups is 2. The predicted molar refractivity (Wildman–Crippen MR) is 79.9 cm³/mol. The molecule has 0 aromatic heterocycles. The van der Waals surface area contributed by atoms with Crippen LogP contribution in [0.1, 0.15) is 61.3 Å². The molecule has 0 radical (unpaired) electrons. The second-order valence-electron chi connectivity index (χ2n) is 7.16. The van der Waals surface area contributed by atoms with Gasteiger partial charge in [-0.05, 0) is 61.3 Å². The number of ether oxygens (including phenoxy) is 2. The van der Waals surface area contributed by atoms with Crippen LogP contribution in [0.15, 0.2) is 0 Å². The van der Waals surface area contributed by atoms with E-state index in [-0.39, 0.29) is 6.42 Å². The molecule has 0 aliphatic rings. The minimum absolute atomic E-state index is 0.284. The first-order valence-electron chi connectivity index (χ1n) is 7.20. The van der Waals surface area contributed by atoms with Crippen molar-refractivity contribution in [2.75, 3.05) is 0 Å². The molecular weight excluding hydrogens is 274 g/mol. The first kappa shape index (κ1) is 19.7. The van der Waals surface area contributed by atoms with E-state index in [1.807, 2.05) is 0 Å². The van der Waals surface area contributed by atoms with E-state index in [0.717, 1.165) is 0 Å². The van der Waals surface area contributed by atoms with Crippen LogP contribution < -0.4 is 5.32 Å². The third-order valence-corrected chi connectivity index (χ3v) is 2.26. The van der Waals surface area contributed by atoms with Gasteiger partial charge in [-0.25, -0.2) is 9.59 Å². The van der Waals surface area contributed by atoms with Gasteiger partial charge in [0.15, 0.2) is 0 Å². The highest BCUT2D eigenvalue weighted by atomic mass is 16.6. The molecule has 0 rings (SSSR count). The Bertz CT molecular complexity index is 352. The fraction of sp³-hybridized carbons (Fsp3) is 0.867. The molecule has 0 spiro atoms. The topological polar surface area (TPSA) is 84.9 Å². The number of rotatable bonds is 5. The Morgan fingerprint density at radius 1 is 1.00 bits per heavy atom. The standard InChI is InChI=1S/C15H29NO5/c1-10(17)8-9-11(12(18)20-14(2,3)4)16-13(19)21-15(5,6)7/h10-11,17H,8-9H2,1-7H3,(H,16,19)/t10?,11-/m1/s1. The quantitative estimate of drug-likeness (QED) is 0.762. The Hall–Kier alpha value is -1.30. The van der Waals surface area contributed by atoms with Crippen molar-refractivity contribution >= 4 is 12.1 Å². The average Bonchev–Trinajstić information content (AvgIpc) is 2.18. The Labute approximate surface area is 127 Å². The smallest absolute Gasteiger partial charge is 0.408 e. The SMILES string of the molecule is CC(O)CC[C@@H](NC(=O)OC(C)(C)C)C(=O)OC(C)(C)C. The Morgan fingerprint density at radius 3 is 1.86 bits per heavy atom. The number of hydrogen-bond donors (Lipinski definition) is 2. The molecule has 6 heteroatoms. The van der Waals surface area contributed by atoms with Crippen LogP contribution in [0.5, 0.6) is 0 Å². The van der Waals surface area contributed by atoms with E-state index in [1.54, 1.807) is 48.5 Å². The van der Waals surface area contributed by atoms with Gasteiger partial charge in [-0.3, -0.25) is 0 Å². The highest BCUT2D eigenvalue weighted by Crippen LogP contribution is 2.13. The maximum atomic E-state index is 12.1. The molecule has 0 aromatic carbocycles. The van der Waals surface area contributed by atoms with Crippen LogP contribution >= 0.6 is 0 Å². The van der Waals surface area contributed by atoms with Crippen molar-refractivity contribution in [2.24, 2.45) is 0 Å². The second-order valence-corrected chi connectivity index (χ2v) is 7.16. The van der Waals surface area contributed by atoms with Gasteiger partial charge in [0.1, 0.15) is 17.2 Å². The van der Waals surface area contributed by atoms with Crippen molar-refractivity contribution in [1.29, 1.82) is 0 Å². The summed E-state index contributed by atoms with van der Waals surface area (Å²) in [5.41, 5.74) is -1.29. The Morgan fingerprint density at radius 2 is 1.48 bits per heavy atom. The fourth-order valence-electron chi connectivity index (χ4n) is 1.48. The Balaban J connectivity index is 4.73. The average molecular weight is 303 g/mol. The van der Waals surface area contributed by atoms with Crippen LogP contribution in [0.25, 0.3) is 0 Å². The summed E-state index contributed by atoms with van der Waals surface area (Å²) >= 11 is 0. The van der Waals surface area contributed by atoms with Gasteiger partial charge in [0.05, 0.1) is 6.10 Å². The van der Waals surface area contributed by atoms with Crippen LogP contribution in [-0.4, -0.2) is 40.5 Å². The largest absolute Gasteiger partial charge is 0.458 e. The predicted octanol–water partition coefficient (Wildman–Crippen LogP) is 2.38. The molecule has 0 aromatic rings. The highest BCUT2D eigenvalue weighted by molar-refractivity contribution is 5.81. The number of aliphatic hydroxyl groups excluding tert-OH is 1. The van der Waals surface area contributed by atoms with E-state index in [9.17, 15) is 14.7 Å². The van der Waals surface area contributed by atoms with Gasteiger partial charge < -0.3 is 19.9 Å². The van der Waals surface area contributed by atoms with Crippen molar-refractivity contribution in [3.05, 3.63) is 0 Å². The molecule has 0 saturated heterocycles. The van der Waals surface area contributed by atoms with E-state index in [4.69, 9.17) is 9.47 Å². The molecule has 0 bridgehead atoms. The zero-order chi connectivity index (χ0) is 16.8. The lowest BCUT2D eigenvalue weighted by molar-refractivity contribution is -0.157. The molecule has 2 N–H and O–H groups in total. The van der Waals surface area contributed by atoms with Crippen molar-refractivity contribution < 1.29 is 24.2 Å². The van der Waals surface area contributed by atoms with E-state index < -0.39 is 35.4 Å². The third kappa shape index (κ3) is 11.1. The van der Waals surface area contributed by atoms with E-state index in [2.05, 4.69) is 5.32 Å². The summed E-state index contributed by atoms with van der Waals surface area (Å²) in [5, 5.41) is 11.8. The normalized spacial score (nSPS) is 15.0. The lowest BCUT2D eigenvalue weighted by Gasteiger charge is -2.26. The van der Waals surface area contributed by atoms with E-state index >= 15 is 0 Å². The lowest BCUT2D eigenvalue weighted by Crippen LogP contribution is -2.46. The van der Waals surface area contributed by atoms with Gasteiger partial charge in [0.2, 0.25) is 0 Å². The zero-order valence-corrected chi connectivity index (χ0v) is 14.1. The second kappa shape index (κ2) is 7.64. The molecule has 0 aliphatic carbocycles. The number of hydrogen-bond acceptors (Lipinski definition) is 5. The van der Waals surface area contributed by atoms with Crippen molar-refractivity contribution in [3.63, 3.8) is 0 Å². The van der Waals surface area contributed by atoms with Crippen LogP contribution in [-0.2, 0) is 14.3 Å². The monoisotopic (exact) mass is 303 g/mol. The van der Waals surface area contributed by atoms with E-state index in [0.29, 0.717) is 6.42 Å². The van der Waals surface area contributed by atoms with E-state index in [1.165, 1.54) is 0 Å². The number of aliphatic hydroxyl groups is 1. The first-order valence-corrected chi connectivity index (χ1v) is 7.20. The summed E-state index contributed by atoms with van der Waals surface area (Å²) in [6, 6.07) is -0.839. The van der Waals surface area contributed by atoms with Gasteiger partial charge in [0, 0.05) is 0 Å². The number of nitrogens with one attached hydrogen (secondary N) is 1. The minimum atomic E-state index is -0.839. The van der Waals surface area contributed by atoms with Gasteiger partial charge >= 0.3 is 12.1 Å². The lowest BCUT2D eigenvalue weighted by atomic mass is 10.1. The molecule has 1 unspecified atom stereocenters. The molecular formula is C15H29NO5. The number of carbonyl (C=O) groups excluding carboxylic acids is 2. The van der Waals surface area contributed by atoms with Crippen LogP contribution in [0, 0.1) is 0 Å². The molecule has 124 valence electrons. The Kier molecular flexibility index (Phi) is 7.16. The van der Waals surface area contributed by atoms with Crippen LogP contribution in [0.3, 0.4) is 0 Å². The highest BCUT2D eigenvalue weighted by Gasteiger charge is 2.28. The maximum Gasteiger partial charge on any atom is 0.408 e. The summed E-state index contributed by atoms with van der Waals surface area (Å²) < 4.78 is 10.4.